The van der Waals surface area contributed by atoms with Crippen LogP contribution in [0.15, 0.2) is 53.6 Å². The number of carbonyl (C=O) groups is 2. The van der Waals surface area contributed by atoms with E-state index in [1.54, 1.807) is 48.5 Å². The van der Waals surface area contributed by atoms with E-state index in [1.165, 1.54) is 13.3 Å². The Morgan fingerprint density at radius 2 is 1.64 bits per heavy atom. The van der Waals surface area contributed by atoms with Crippen LogP contribution < -0.4 is 5.43 Å². The summed E-state index contributed by atoms with van der Waals surface area (Å²) in [5.41, 5.74) is 4.06. The molecule has 0 aromatic heterocycles. The fourth-order valence-corrected chi connectivity index (χ4v) is 1.78. The van der Waals surface area contributed by atoms with Crippen molar-refractivity contribution in [2.75, 3.05) is 7.11 Å². The van der Waals surface area contributed by atoms with Gasteiger partial charge in [-0.3, -0.25) is 4.79 Å². The van der Waals surface area contributed by atoms with Gasteiger partial charge in [0.2, 0.25) is 0 Å². The second-order valence-electron chi connectivity index (χ2n) is 4.32. The van der Waals surface area contributed by atoms with Crippen LogP contribution >= 0.6 is 11.6 Å². The van der Waals surface area contributed by atoms with Gasteiger partial charge in [-0.25, -0.2) is 10.2 Å². The van der Waals surface area contributed by atoms with Crippen LogP contribution in [0.25, 0.3) is 0 Å². The molecule has 0 aliphatic carbocycles. The topological polar surface area (TPSA) is 67.8 Å². The van der Waals surface area contributed by atoms with Crippen LogP contribution in [0.3, 0.4) is 0 Å². The van der Waals surface area contributed by atoms with Crippen molar-refractivity contribution in [1.82, 2.24) is 5.43 Å². The summed E-state index contributed by atoms with van der Waals surface area (Å²) in [6, 6.07) is 13.1. The molecule has 0 atom stereocenters. The molecule has 1 amide bonds. The van der Waals surface area contributed by atoms with Crippen molar-refractivity contribution < 1.29 is 14.3 Å². The largest absolute Gasteiger partial charge is 0.465 e. The van der Waals surface area contributed by atoms with Crippen LogP contribution in [0.4, 0.5) is 0 Å². The van der Waals surface area contributed by atoms with Gasteiger partial charge in [0.15, 0.2) is 0 Å². The molecule has 2 aromatic carbocycles. The average molecular weight is 317 g/mol. The number of halogens is 1. The lowest BCUT2D eigenvalue weighted by Crippen LogP contribution is -2.17. The summed E-state index contributed by atoms with van der Waals surface area (Å²) in [4.78, 5) is 23.1. The third-order valence-corrected chi connectivity index (χ3v) is 3.07. The van der Waals surface area contributed by atoms with E-state index in [-0.39, 0.29) is 5.91 Å². The summed E-state index contributed by atoms with van der Waals surface area (Å²) in [5, 5.41) is 4.42. The third-order valence-electron chi connectivity index (χ3n) is 2.82. The molecular weight excluding hydrogens is 304 g/mol. The second kappa shape index (κ2) is 7.38. The van der Waals surface area contributed by atoms with Crippen molar-refractivity contribution in [3.63, 3.8) is 0 Å². The maximum absolute atomic E-state index is 11.8. The molecule has 0 heterocycles. The monoisotopic (exact) mass is 316 g/mol. The number of hydrogen-bond acceptors (Lipinski definition) is 4. The van der Waals surface area contributed by atoms with E-state index in [2.05, 4.69) is 15.3 Å². The number of nitrogens with zero attached hydrogens (tertiary/aromatic N) is 1. The summed E-state index contributed by atoms with van der Waals surface area (Å²) in [6.45, 7) is 0. The Bertz CT molecular complexity index is 694. The molecule has 0 aliphatic rings. The zero-order chi connectivity index (χ0) is 15.9. The molecule has 0 saturated heterocycles. The molecule has 0 spiro atoms. The fourth-order valence-electron chi connectivity index (χ4n) is 1.65. The summed E-state index contributed by atoms with van der Waals surface area (Å²) in [6.07, 6.45) is 1.48. The molecule has 0 fully saturated rings. The van der Waals surface area contributed by atoms with Gasteiger partial charge in [0, 0.05) is 10.6 Å². The van der Waals surface area contributed by atoms with Crippen LogP contribution in [-0.2, 0) is 4.74 Å². The van der Waals surface area contributed by atoms with Gasteiger partial charge in [-0.05, 0) is 42.0 Å². The van der Waals surface area contributed by atoms with E-state index < -0.39 is 5.97 Å². The molecule has 6 heteroatoms. The number of hydrazone groups is 1. The van der Waals surface area contributed by atoms with Gasteiger partial charge in [0.05, 0.1) is 18.9 Å². The minimum Gasteiger partial charge on any atom is -0.465 e. The number of benzene rings is 2. The highest BCUT2D eigenvalue weighted by Crippen LogP contribution is 2.09. The van der Waals surface area contributed by atoms with Crippen LogP contribution in [-0.4, -0.2) is 25.2 Å². The van der Waals surface area contributed by atoms with Crippen LogP contribution in [0.1, 0.15) is 26.3 Å². The molecule has 1 N–H and O–H groups in total. The van der Waals surface area contributed by atoms with Gasteiger partial charge in [-0.1, -0.05) is 23.7 Å². The van der Waals surface area contributed by atoms with Gasteiger partial charge in [0.25, 0.3) is 5.91 Å². The Kier molecular flexibility index (Phi) is 5.27. The van der Waals surface area contributed by atoms with E-state index in [1.807, 2.05) is 0 Å². The van der Waals surface area contributed by atoms with Crippen molar-refractivity contribution in [3.05, 3.63) is 70.2 Å². The molecule has 5 nitrogen and oxygen atoms in total. The highest BCUT2D eigenvalue weighted by atomic mass is 35.5. The molecule has 2 rings (SSSR count). The number of nitrogens with one attached hydrogen (secondary N) is 1. The first-order valence-electron chi connectivity index (χ1n) is 6.37. The summed E-state index contributed by atoms with van der Waals surface area (Å²) in [7, 11) is 1.32. The first-order valence-corrected chi connectivity index (χ1v) is 6.75. The molecule has 2 aromatic rings. The van der Waals surface area contributed by atoms with E-state index in [4.69, 9.17) is 11.6 Å². The number of ether oxygens (including phenoxy) is 1. The zero-order valence-corrected chi connectivity index (χ0v) is 12.5. The normalized spacial score (nSPS) is 10.5. The summed E-state index contributed by atoms with van der Waals surface area (Å²) in [5.74, 6) is -0.737. The predicted octanol–water partition coefficient (Wildman–Crippen LogP) is 2.89. The SMILES string of the molecule is COC(=O)c1ccc(C=NNC(=O)c2ccc(Cl)cc2)cc1. The van der Waals surface area contributed by atoms with E-state index in [0.29, 0.717) is 16.1 Å². The number of methoxy groups -OCH3 is 1. The van der Waals surface area contributed by atoms with E-state index in [0.717, 1.165) is 5.56 Å². The van der Waals surface area contributed by atoms with Crippen molar-refractivity contribution in [2.24, 2.45) is 5.10 Å². The standard InChI is InChI=1S/C16H13ClN2O3/c1-22-16(21)13-4-2-11(3-5-13)10-18-19-15(20)12-6-8-14(17)9-7-12/h2-10H,1H3,(H,19,20). The minimum absolute atomic E-state index is 0.334. The molecule has 0 saturated carbocycles. The molecule has 0 radical (unpaired) electrons. The number of rotatable bonds is 4. The Labute approximate surface area is 132 Å². The highest BCUT2D eigenvalue weighted by Gasteiger charge is 2.04. The number of esters is 1. The van der Waals surface area contributed by atoms with Gasteiger partial charge in [-0.2, -0.15) is 5.10 Å². The van der Waals surface area contributed by atoms with Crippen molar-refractivity contribution in [2.45, 2.75) is 0 Å². The lowest BCUT2D eigenvalue weighted by Gasteiger charge is -2.00. The second-order valence-corrected chi connectivity index (χ2v) is 4.76. The minimum atomic E-state index is -0.403. The molecule has 112 valence electrons. The Balaban J connectivity index is 1.96. The first-order chi connectivity index (χ1) is 10.6. The molecule has 0 aliphatic heterocycles. The third kappa shape index (κ3) is 4.17. The molecular formula is C16H13ClN2O3. The molecule has 22 heavy (non-hydrogen) atoms. The molecule has 0 unspecified atom stereocenters. The van der Waals surface area contributed by atoms with Crippen molar-refractivity contribution >= 4 is 29.7 Å². The quantitative estimate of drug-likeness (QED) is 0.536. The zero-order valence-electron chi connectivity index (χ0n) is 11.7. The number of hydrogen-bond donors (Lipinski definition) is 1. The van der Waals surface area contributed by atoms with Gasteiger partial charge >= 0.3 is 5.97 Å². The Morgan fingerprint density at radius 1 is 1.05 bits per heavy atom. The van der Waals surface area contributed by atoms with Crippen molar-refractivity contribution in [1.29, 1.82) is 0 Å². The van der Waals surface area contributed by atoms with Crippen LogP contribution in [0.5, 0.6) is 0 Å². The summed E-state index contributed by atoms with van der Waals surface area (Å²) >= 11 is 5.75. The number of carbonyl (C=O) groups excluding carboxylic acids is 2. The smallest absolute Gasteiger partial charge is 0.337 e. The van der Waals surface area contributed by atoms with Gasteiger partial charge < -0.3 is 4.74 Å². The Morgan fingerprint density at radius 3 is 2.23 bits per heavy atom. The van der Waals surface area contributed by atoms with Crippen molar-refractivity contribution in [3.8, 4) is 0 Å². The molecule has 0 bridgehead atoms. The fraction of sp³-hybridized carbons (Fsp3) is 0.0625. The van der Waals surface area contributed by atoms with E-state index >= 15 is 0 Å². The Hall–Kier alpha value is -2.66. The predicted molar refractivity (Wildman–Crippen MR) is 84.3 cm³/mol. The van der Waals surface area contributed by atoms with Crippen LogP contribution in [0, 0.1) is 0 Å². The lowest BCUT2D eigenvalue weighted by molar-refractivity contribution is 0.0600. The maximum Gasteiger partial charge on any atom is 0.337 e. The van der Waals surface area contributed by atoms with Crippen LogP contribution in [0.2, 0.25) is 5.02 Å². The maximum atomic E-state index is 11.8. The van der Waals surface area contributed by atoms with E-state index in [9.17, 15) is 9.59 Å². The number of amides is 1. The van der Waals surface area contributed by atoms with Gasteiger partial charge in [-0.15, -0.1) is 0 Å². The summed E-state index contributed by atoms with van der Waals surface area (Å²) < 4.78 is 4.61. The lowest BCUT2D eigenvalue weighted by atomic mass is 10.1. The van der Waals surface area contributed by atoms with Gasteiger partial charge in [0.1, 0.15) is 0 Å². The average Bonchev–Trinajstić information content (AvgIpc) is 2.55. The first kappa shape index (κ1) is 15.7. The highest BCUT2D eigenvalue weighted by molar-refractivity contribution is 6.30.